The van der Waals surface area contributed by atoms with Crippen molar-refractivity contribution >= 4 is 10.9 Å². The van der Waals surface area contributed by atoms with Crippen LogP contribution in [0.4, 0.5) is 0 Å². The van der Waals surface area contributed by atoms with Crippen molar-refractivity contribution in [3.63, 3.8) is 0 Å². The fraction of sp³-hybridized carbons (Fsp3) is 0.500. The summed E-state index contributed by atoms with van der Waals surface area (Å²) in [6, 6.07) is 4.61. The van der Waals surface area contributed by atoms with E-state index in [0.717, 1.165) is 5.92 Å². The van der Waals surface area contributed by atoms with Gasteiger partial charge in [-0.1, -0.05) is 6.07 Å². The molecule has 1 fully saturated rings. The molecule has 0 spiro atoms. The van der Waals surface area contributed by atoms with Crippen molar-refractivity contribution in [2.45, 2.75) is 26.7 Å². The molecule has 1 unspecified atom stereocenters. The van der Waals surface area contributed by atoms with Crippen LogP contribution >= 0.6 is 0 Å². The molecule has 2 heteroatoms. The van der Waals surface area contributed by atoms with Gasteiger partial charge in [-0.3, -0.25) is 0 Å². The first kappa shape index (κ1) is 11.8. The maximum absolute atomic E-state index is 3.46. The summed E-state index contributed by atoms with van der Waals surface area (Å²) in [6.45, 7) is 6.79. The van der Waals surface area contributed by atoms with Crippen molar-refractivity contribution in [1.29, 1.82) is 0 Å². The lowest BCUT2D eigenvalue weighted by Gasteiger charge is -2.08. The van der Waals surface area contributed by atoms with Crippen molar-refractivity contribution in [2.75, 3.05) is 13.1 Å². The number of aromatic nitrogens is 1. The second-order valence-corrected chi connectivity index (χ2v) is 5.80. The number of hydrogen-bond donors (Lipinski definition) is 1. The molecule has 2 aromatic rings. The Bertz CT molecular complexity index is 574. The summed E-state index contributed by atoms with van der Waals surface area (Å²) in [5.74, 6) is 0.816. The van der Waals surface area contributed by atoms with Crippen LogP contribution in [0.3, 0.4) is 0 Å². The van der Waals surface area contributed by atoms with Gasteiger partial charge in [0.2, 0.25) is 0 Å². The Morgan fingerprint density at radius 2 is 2.17 bits per heavy atom. The molecule has 1 aliphatic rings. The molecule has 3 rings (SSSR count). The van der Waals surface area contributed by atoms with E-state index < -0.39 is 0 Å². The minimum Gasteiger partial charge on any atom is -0.350 e. The molecule has 0 bridgehead atoms. The molecule has 1 saturated heterocycles. The van der Waals surface area contributed by atoms with Crippen LogP contribution in [-0.2, 0) is 13.5 Å². The first-order valence-electron chi connectivity index (χ1n) is 6.91. The van der Waals surface area contributed by atoms with E-state index in [-0.39, 0.29) is 0 Å². The SMILES string of the molecule is Cc1cc(C)c2c(CC3CCNC3)cn(C)c2c1. The summed E-state index contributed by atoms with van der Waals surface area (Å²) in [7, 11) is 2.16. The fourth-order valence-corrected chi connectivity index (χ4v) is 3.36. The molecule has 0 amide bonds. The topological polar surface area (TPSA) is 17.0 Å². The van der Waals surface area contributed by atoms with E-state index in [0.29, 0.717) is 0 Å². The standard InChI is InChI=1S/C16H22N2/c1-11-6-12(2)16-14(8-13-4-5-17-9-13)10-18(3)15(16)7-11/h6-7,10,13,17H,4-5,8-9H2,1-3H3. The van der Waals surface area contributed by atoms with E-state index in [2.05, 4.69) is 49.1 Å². The molecule has 0 radical (unpaired) electrons. The number of benzene rings is 1. The normalized spacial score (nSPS) is 19.8. The quantitative estimate of drug-likeness (QED) is 0.856. The number of rotatable bonds is 2. The van der Waals surface area contributed by atoms with Crippen molar-refractivity contribution in [2.24, 2.45) is 13.0 Å². The largest absolute Gasteiger partial charge is 0.350 e. The van der Waals surface area contributed by atoms with Gasteiger partial charge >= 0.3 is 0 Å². The Labute approximate surface area is 109 Å². The van der Waals surface area contributed by atoms with Crippen molar-refractivity contribution in [3.8, 4) is 0 Å². The number of nitrogens with zero attached hydrogens (tertiary/aromatic N) is 1. The average Bonchev–Trinajstić information content (AvgIpc) is 2.89. The molecule has 2 nitrogen and oxygen atoms in total. The lowest BCUT2D eigenvalue weighted by atomic mass is 9.96. The fourth-order valence-electron chi connectivity index (χ4n) is 3.36. The van der Waals surface area contributed by atoms with E-state index in [1.54, 1.807) is 0 Å². The highest BCUT2D eigenvalue weighted by Crippen LogP contribution is 2.28. The monoisotopic (exact) mass is 242 g/mol. The predicted octanol–water partition coefficient (Wildman–Crippen LogP) is 2.95. The Balaban J connectivity index is 2.06. The summed E-state index contributed by atoms with van der Waals surface area (Å²) >= 11 is 0. The van der Waals surface area contributed by atoms with Gasteiger partial charge < -0.3 is 9.88 Å². The summed E-state index contributed by atoms with van der Waals surface area (Å²) in [6.07, 6.45) is 4.87. The zero-order valence-corrected chi connectivity index (χ0v) is 11.6. The van der Waals surface area contributed by atoms with Gasteiger partial charge in [-0.2, -0.15) is 0 Å². The van der Waals surface area contributed by atoms with Gasteiger partial charge in [-0.05, 0) is 68.5 Å². The van der Waals surface area contributed by atoms with Crippen molar-refractivity contribution < 1.29 is 0 Å². The minimum atomic E-state index is 0.816. The number of aryl methyl sites for hydroxylation is 3. The summed E-state index contributed by atoms with van der Waals surface area (Å²) in [4.78, 5) is 0. The van der Waals surface area contributed by atoms with Crippen LogP contribution in [0.25, 0.3) is 10.9 Å². The molecule has 96 valence electrons. The number of fused-ring (bicyclic) bond motifs is 1. The van der Waals surface area contributed by atoms with Gasteiger partial charge in [0.25, 0.3) is 0 Å². The van der Waals surface area contributed by atoms with E-state index in [9.17, 15) is 0 Å². The first-order valence-corrected chi connectivity index (χ1v) is 6.91. The third-order valence-corrected chi connectivity index (χ3v) is 4.18. The Morgan fingerprint density at radius 3 is 2.89 bits per heavy atom. The predicted molar refractivity (Wildman–Crippen MR) is 77.1 cm³/mol. The molecule has 0 saturated carbocycles. The summed E-state index contributed by atoms with van der Waals surface area (Å²) in [5.41, 5.74) is 5.69. The Morgan fingerprint density at radius 1 is 1.33 bits per heavy atom. The van der Waals surface area contributed by atoms with Gasteiger partial charge in [0, 0.05) is 24.1 Å². The van der Waals surface area contributed by atoms with Crippen molar-refractivity contribution in [3.05, 3.63) is 35.0 Å². The van der Waals surface area contributed by atoms with E-state index in [1.807, 2.05) is 0 Å². The molecular weight excluding hydrogens is 220 g/mol. The van der Waals surface area contributed by atoms with Gasteiger partial charge in [0.05, 0.1) is 0 Å². The van der Waals surface area contributed by atoms with Crippen LogP contribution in [0.15, 0.2) is 18.3 Å². The summed E-state index contributed by atoms with van der Waals surface area (Å²) in [5, 5.41) is 4.95. The van der Waals surface area contributed by atoms with Crippen LogP contribution in [0, 0.1) is 19.8 Å². The minimum absolute atomic E-state index is 0.816. The van der Waals surface area contributed by atoms with Crippen LogP contribution < -0.4 is 5.32 Å². The van der Waals surface area contributed by atoms with E-state index >= 15 is 0 Å². The van der Waals surface area contributed by atoms with Crippen LogP contribution in [0.5, 0.6) is 0 Å². The average molecular weight is 242 g/mol. The van der Waals surface area contributed by atoms with Gasteiger partial charge in [0.1, 0.15) is 0 Å². The van der Waals surface area contributed by atoms with E-state index in [4.69, 9.17) is 0 Å². The van der Waals surface area contributed by atoms with Gasteiger partial charge in [-0.15, -0.1) is 0 Å². The Kier molecular flexibility index (Phi) is 2.90. The highest BCUT2D eigenvalue weighted by atomic mass is 14.9. The van der Waals surface area contributed by atoms with Crippen LogP contribution in [-0.4, -0.2) is 17.7 Å². The number of nitrogens with one attached hydrogen (secondary N) is 1. The maximum Gasteiger partial charge on any atom is 0.0485 e. The molecule has 1 aromatic heterocycles. The third kappa shape index (κ3) is 1.95. The van der Waals surface area contributed by atoms with Crippen LogP contribution in [0.1, 0.15) is 23.1 Å². The molecule has 2 heterocycles. The lowest BCUT2D eigenvalue weighted by Crippen LogP contribution is -2.10. The second-order valence-electron chi connectivity index (χ2n) is 5.80. The third-order valence-electron chi connectivity index (χ3n) is 4.18. The smallest absolute Gasteiger partial charge is 0.0485 e. The molecule has 1 aromatic carbocycles. The van der Waals surface area contributed by atoms with Crippen molar-refractivity contribution in [1.82, 2.24) is 9.88 Å². The molecule has 1 aliphatic heterocycles. The molecule has 1 atom stereocenters. The molecule has 18 heavy (non-hydrogen) atoms. The van der Waals surface area contributed by atoms with Crippen LogP contribution in [0.2, 0.25) is 0 Å². The van der Waals surface area contributed by atoms with Gasteiger partial charge in [0.15, 0.2) is 0 Å². The highest BCUT2D eigenvalue weighted by molar-refractivity contribution is 5.87. The van der Waals surface area contributed by atoms with Gasteiger partial charge in [-0.25, -0.2) is 0 Å². The second kappa shape index (κ2) is 4.43. The van der Waals surface area contributed by atoms with E-state index in [1.165, 1.54) is 53.5 Å². The molecular formula is C16H22N2. The summed E-state index contributed by atoms with van der Waals surface area (Å²) < 4.78 is 2.28. The zero-order chi connectivity index (χ0) is 12.7. The first-order chi connectivity index (χ1) is 8.65. The maximum atomic E-state index is 3.46. The molecule has 0 aliphatic carbocycles. The lowest BCUT2D eigenvalue weighted by molar-refractivity contribution is 0.581. The highest BCUT2D eigenvalue weighted by Gasteiger charge is 2.18. The number of hydrogen-bond acceptors (Lipinski definition) is 1. The Hall–Kier alpha value is -1.28. The zero-order valence-electron chi connectivity index (χ0n) is 11.6. The molecule has 1 N–H and O–H groups in total.